The first-order valence-corrected chi connectivity index (χ1v) is 6.00. The largest absolute Gasteiger partial charge is 0.416 e. The third kappa shape index (κ3) is 2.24. The van der Waals surface area contributed by atoms with Crippen LogP contribution in [-0.4, -0.2) is 17.5 Å². The predicted octanol–water partition coefficient (Wildman–Crippen LogP) is 2.93. The summed E-state index contributed by atoms with van der Waals surface area (Å²) in [6.45, 7) is 5.07. The van der Waals surface area contributed by atoms with Crippen molar-refractivity contribution in [3.05, 3.63) is 34.9 Å². The van der Waals surface area contributed by atoms with Gasteiger partial charge in [-0.2, -0.15) is 13.2 Å². The van der Waals surface area contributed by atoms with E-state index in [-0.39, 0.29) is 12.1 Å². The van der Waals surface area contributed by atoms with E-state index in [1.165, 1.54) is 6.07 Å². The van der Waals surface area contributed by atoms with Crippen LogP contribution >= 0.6 is 0 Å². The van der Waals surface area contributed by atoms with Crippen LogP contribution in [-0.2, 0) is 12.7 Å². The maximum Gasteiger partial charge on any atom is 0.416 e. The molecule has 2 nitrogen and oxygen atoms in total. The topological polar surface area (TPSA) is 29.3 Å². The molecule has 0 amide bonds. The Morgan fingerprint density at radius 1 is 1.39 bits per heavy atom. The summed E-state index contributed by atoms with van der Waals surface area (Å²) in [6, 6.07) is 4.12. The van der Waals surface area contributed by atoms with Gasteiger partial charge in [-0.15, -0.1) is 0 Å². The molecule has 0 radical (unpaired) electrons. The molecule has 1 aliphatic rings. The van der Waals surface area contributed by atoms with Crippen molar-refractivity contribution in [2.75, 3.05) is 6.54 Å². The highest BCUT2D eigenvalue weighted by Gasteiger charge is 2.35. The average molecular weight is 258 g/mol. The van der Waals surface area contributed by atoms with Gasteiger partial charge < -0.3 is 5.73 Å². The molecular formula is C13H17F3N2. The molecule has 2 N–H and O–H groups in total. The van der Waals surface area contributed by atoms with Gasteiger partial charge in [0.1, 0.15) is 0 Å². The third-order valence-corrected chi connectivity index (χ3v) is 3.47. The maximum atomic E-state index is 12.7. The van der Waals surface area contributed by atoms with Gasteiger partial charge in [-0.1, -0.05) is 6.07 Å². The Balaban J connectivity index is 2.41. The molecule has 100 valence electrons. The lowest BCUT2D eigenvalue weighted by molar-refractivity contribution is -0.137. The minimum atomic E-state index is -4.29. The fourth-order valence-corrected chi connectivity index (χ4v) is 2.52. The second kappa shape index (κ2) is 4.55. The smallest absolute Gasteiger partial charge is 0.329 e. The fourth-order valence-electron chi connectivity index (χ4n) is 2.52. The van der Waals surface area contributed by atoms with Crippen molar-refractivity contribution in [1.29, 1.82) is 0 Å². The molecule has 0 spiro atoms. The highest BCUT2D eigenvalue weighted by Crippen LogP contribution is 2.38. The highest BCUT2D eigenvalue weighted by molar-refractivity contribution is 5.39. The molecule has 18 heavy (non-hydrogen) atoms. The summed E-state index contributed by atoms with van der Waals surface area (Å²) in [4.78, 5) is 2.13. The van der Waals surface area contributed by atoms with E-state index in [2.05, 4.69) is 4.90 Å². The van der Waals surface area contributed by atoms with E-state index >= 15 is 0 Å². The van der Waals surface area contributed by atoms with Gasteiger partial charge in [0.25, 0.3) is 0 Å². The number of fused-ring (bicyclic) bond motifs is 1. The van der Waals surface area contributed by atoms with Crippen LogP contribution in [0, 0.1) is 0 Å². The van der Waals surface area contributed by atoms with Gasteiger partial charge >= 0.3 is 6.18 Å². The number of hydrogen-bond acceptors (Lipinski definition) is 2. The molecule has 1 aromatic rings. The lowest BCUT2D eigenvalue weighted by atomic mass is 10.0. The second-order valence-electron chi connectivity index (χ2n) is 4.93. The van der Waals surface area contributed by atoms with Crippen LogP contribution in [0.4, 0.5) is 13.2 Å². The highest BCUT2D eigenvalue weighted by atomic mass is 19.4. The van der Waals surface area contributed by atoms with E-state index in [0.29, 0.717) is 13.1 Å². The zero-order chi connectivity index (χ0) is 13.5. The molecule has 1 heterocycles. The van der Waals surface area contributed by atoms with Crippen LogP contribution in [0.1, 0.15) is 36.6 Å². The van der Waals surface area contributed by atoms with Crippen molar-refractivity contribution in [2.45, 2.75) is 38.7 Å². The second-order valence-corrected chi connectivity index (χ2v) is 4.93. The quantitative estimate of drug-likeness (QED) is 0.883. The first kappa shape index (κ1) is 13.4. The summed E-state index contributed by atoms with van der Waals surface area (Å²) in [6.07, 6.45) is -4.29. The number of hydrogen-bond donors (Lipinski definition) is 1. The SMILES string of the molecule is CC(C)N1Cc2ccc(C(F)(F)F)cc2C1CN. The molecule has 0 aliphatic carbocycles. The molecular weight excluding hydrogens is 241 g/mol. The Morgan fingerprint density at radius 3 is 2.56 bits per heavy atom. The van der Waals surface area contributed by atoms with E-state index in [9.17, 15) is 13.2 Å². The molecule has 0 saturated heterocycles. The van der Waals surface area contributed by atoms with E-state index in [0.717, 1.165) is 17.2 Å². The Hall–Kier alpha value is -1.07. The first-order valence-electron chi connectivity index (χ1n) is 6.00. The van der Waals surface area contributed by atoms with Crippen molar-refractivity contribution in [3.8, 4) is 0 Å². The molecule has 1 unspecified atom stereocenters. The van der Waals surface area contributed by atoms with Crippen LogP contribution in [0.2, 0.25) is 0 Å². The standard InChI is InChI=1S/C13H17F3N2/c1-8(2)18-7-9-3-4-10(13(14,15)16)5-11(9)12(18)6-17/h3-5,8,12H,6-7,17H2,1-2H3. The predicted molar refractivity (Wildman–Crippen MR) is 63.9 cm³/mol. The molecule has 5 heteroatoms. The molecule has 0 bridgehead atoms. The van der Waals surface area contributed by atoms with E-state index < -0.39 is 11.7 Å². The van der Waals surface area contributed by atoms with E-state index in [4.69, 9.17) is 5.73 Å². The van der Waals surface area contributed by atoms with Gasteiger partial charge in [-0.05, 0) is 37.1 Å². The summed E-state index contributed by atoms with van der Waals surface area (Å²) in [5, 5.41) is 0. The van der Waals surface area contributed by atoms with Crippen LogP contribution in [0.15, 0.2) is 18.2 Å². The summed E-state index contributed by atoms with van der Waals surface area (Å²) in [7, 11) is 0. The number of nitrogens with two attached hydrogens (primary N) is 1. The van der Waals surface area contributed by atoms with Gasteiger partial charge in [0.15, 0.2) is 0 Å². The van der Waals surface area contributed by atoms with Crippen LogP contribution in [0.3, 0.4) is 0 Å². The molecule has 1 atom stereocenters. The number of halogens is 3. The summed E-state index contributed by atoms with van der Waals surface area (Å²) in [5.74, 6) is 0. The fraction of sp³-hybridized carbons (Fsp3) is 0.538. The van der Waals surface area contributed by atoms with Gasteiger partial charge in [0.2, 0.25) is 0 Å². The monoisotopic (exact) mass is 258 g/mol. The molecule has 0 saturated carbocycles. The summed E-state index contributed by atoms with van der Waals surface area (Å²) >= 11 is 0. The van der Waals surface area contributed by atoms with Crippen molar-refractivity contribution < 1.29 is 13.2 Å². The zero-order valence-electron chi connectivity index (χ0n) is 10.5. The summed E-state index contributed by atoms with van der Waals surface area (Å²) in [5.41, 5.74) is 6.79. The van der Waals surface area contributed by atoms with Gasteiger partial charge in [0, 0.05) is 25.2 Å². The van der Waals surface area contributed by atoms with Crippen LogP contribution in [0.25, 0.3) is 0 Å². The first-order chi connectivity index (χ1) is 8.34. The van der Waals surface area contributed by atoms with Crippen LogP contribution < -0.4 is 5.73 Å². The van der Waals surface area contributed by atoms with Gasteiger partial charge in [-0.25, -0.2) is 0 Å². The zero-order valence-corrected chi connectivity index (χ0v) is 10.5. The third-order valence-electron chi connectivity index (χ3n) is 3.47. The Kier molecular flexibility index (Phi) is 3.38. The lowest BCUT2D eigenvalue weighted by Crippen LogP contribution is -2.33. The Labute approximate surface area is 105 Å². The maximum absolute atomic E-state index is 12.7. The molecule has 0 fully saturated rings. The number of nitrogens with zero attached hydrogens (tertiary/aromatic N) is 1. The number of alkyl halides is 3. The van der Waals surface area contributed by atoms with E-state index in [1.807, 2.05) is 13.8 Å². The average Bonchev–Trinajstić information content (AvgIpc) is 2.65. The van der Waals surface area contributed by atoms with Crippen LogP contribution in [0.5, 0.6) is 0 Å². The molecule has 2 rings (SSSR count). The molecule has 1 aromatic carbocycles. The Morgan fingerprint density at radius 2 is 2.06 bits per heavy atom. The molecule has 1 aliphatic heterocycles. The van der Waals surface area contributed by atoms with E-state index in [1.54, 1.807) is 6.07 Å². The van der Waals surface area contributed by atoms with Crippen molar-refractivity contribution in [3.63, 3.8) is 0 Å². The van der Waals surface area contributed by atoms with Crippen molar-refractivity contribution in [1.82, 2.24) is 4.90 Å². The van der Waals surface area contributed by atoms with Gasteiger partial charge in [0.05, 0.1) is 5.56 Å². The minimum Gasteiger partial charge on any atom is -0.329 e. The van der Waals surface area contributed by atoms with Crippen molar-refractivity contribution >= 4 is 0 Å². The lowest BCUT2D eigenvalue weighted by Gasteiger charge is -2.27. The number of benzene rings is 1. The Bertz CT molecular complexity index is 440. The van der Waals surface area contributed by atoms with Crippen molar-refractivity contribution in [2.24, 2.45) is 5.73 Å². The summed E-state index contributed by atoms with van der Waals surface area (Å²) < 4.78 is 38.1. The minimum absolute atomic E-state index is 0.109. The molecule has 0 aromatic heterocycles. The normalized spacial score (nSPS) is 20.5. The van der Waals surface area contributed by atoms with Gasteiger partial charge in [-0.3, -0.25) is 4.90 Å². The number of rotatable bonds is 2.